The van der Waals surface area contributed by atoms with E-state index < -0.39 is 12.0 Å². The maximum absolute atomic E-state index is 10.7. The first-order chi connectivity index (χ1) is 7.24. The number of hydrogen-bond acceptors (Lipinski definition) is 4. The van der Waals surface area contributed by atoms with Crippen LogP contribution in [0.15, 0.2) is 4.99 Å². The van der Waals surface area contributed by atoms with Crippen LogP contribution in [0.1, 0.15) is 25.7 Å². The van der Waals surface area contributed by atoms with Gasteiger partial charge in [0, 0.05) is 6.04 Å². The molecule has 0 aliphatic heterocycles. The summed E-state index contributed by atoms with van der Waals surface area (Å²) >= 11 is 0. The fourth-order valence-electron chi connectivity index (χ4n) is 1.08. The molecular formula is C9H18N4O2. The summed E-state index contributed by atoms with van der Waals surface area (Å²) in [5.74, 6) is -0.909. The molecule has 15 heavy (non-hydrogen) atoms. The van der Waals surface area contributed by atoms with Crippen molar-refractivity contribution < 1.29 is 9.90 Å². The van der Waals surface area contributed by atoms with Gasteiger partial charge in [-0.2, -0.15) is 0 Å². The van der Waals surface area contributed by atoms with Crippen molar-refractivity contribution in [3.05, 3.63) is 0 Å². The molecule has 0 aromatic carbocycles. The lowest BCUT2D eigenvalue weighted by atomic mass is 10.2. The highest BCUT2D eigenvalue weighted by Crippen LogP contribution is 2.17. The van der Waals surface area contributed by atoms with Crippen LogP contribution in [0.3, 0.4) is 0 Å². The van der Waals surface area contributed by atoms with Crippen molar-refractivity contribution in [3.63, 3.8) is 0 Å². The molecule has 0 aromatic heterocycles. The van der Waals surface area contributed by atoms with Crippen LogP contribution in [0.4, 0.5) is 0 Å². The van der Waals surface area contributed by atoms with Crippen LogP contribution in [0.25, 0.3) is 0 Å². The summed E-state index contributed by atoms with van der Waals surface area (Å²) in [6.07, 6.45) is 4.89. The SMILES string of the molecule is NCCC[C@H](N=CNNC1CC1)C(=O)O. The maximum Gasteiger partial charge on any atom is 0.328 e. The monoisotopic (exact) mass is 214 g/mol. The van der Waals surface area contributed by atoms with Gasteiger partial charge in [-0.25, -0.2) is 10.2 Å². The van der Waals surface area contributed by atoms with Gasteiger partial charge in [0.25, 0.3) is 0 Å². The third kappa shape index (κ3) is 5.34. The Morgan fingerprint density at radius 3 is 2.93 bits per heavy atom. The summed E-state index contributed by atoms with van der Waals surface area (Å²) in [7, 11) is 0. The molecule has 0 radical (unpaired) electrons. The van der Waals surface area contributed by atoms with Gasteiger partial charge in [-0.1, -0.05) is 0 Å². The van der Waals surface area contributed by atoms with Gasteiger partial charge in [-0.15, -0.1) is 0 Å². The van der Waals surface area contributed by atoms with Crippen LogP contribution in [0.2, 0.25) is 0 Å². The van der Waals surface area contributed by atoms with Crippen LogP contribution >= 0.6 is 0 Å². The zero-order chi connectivity index (χ0) is 11.1. The average Bonchev–Trinajstić information content (AvgIpc) is 3.00. The van der Waals surface area contributed by atoms with Gasteiger partial charge in [-0.3, -0.25) is 4.99 Å². The van der Waals surface area contributed by atoms with Crippen molar-refractivity contribution in [3.8, 4) is 0 Å². The highest BCUT2D eigenvalue weighted by molar-refractivity contribution is 5.75. The Morgan fingerprint density at radius 2 is 2.40 bits per heavy atom. The minimum absolute atomic E-state index is 0.480. The van der Waals surface area contributed by atoms with Crippen molar-refractivity contribution in [1.29, 1.82) is 0 Å². The lowest BCUT2D eigenvalue weighted by Crippen LogP contribution is -2.33. The molecule has 0 amide bonds. The van der Waals surface area contributed by atoms with E-state index in [2.05, 4.69) is 15.8 Å². The maximum atomic E-state index is 10.7. The van der Waals surface area contributed by atoms with Crippen LogP contribution in [0, 0.1) is 0 Å². The Kier molecular flexibility index (Phi) is 5.06. The van der Waals surface area contributed by atoms with Crippen LogP contribution < -0.4 is 16.6 Å². The topological polar surface area (TPSA) is 99.7 Å². The molecule has 86 valence electrons. The minimum atomic E-state index is -0.909. The molecule has 0 unspecified atom stereocenters. The first kappa shape index (κ1) is 11.9. The number of carboxylic acid groups (broad SMARTS) is 1. The van der Waals surface area contributed by atoms with Gasteiger partial charge >= 0.3 is 5.97 Å². The number of hydrazine groups is 1. The Balaban J connectivity index is 2.18. The average molecular weight is 214 g/mol. The second-order valence-electron chi connectivity index (χ2n) is 3.63. The number of nitrogens with one attached hydrogen (secondary N) is 2. The van der Waals surface area contributed by atoms with Gasteiger partial charge in [-0.05, 0) is 32.2 Å². The number of carboxylic acids is 1. The van der Waals surface area contributed by atoms with Crippen molar-refractivity contribution in [2.75, 3.05) is 6.54 Å². The van der Waals surface area contributed by atoms with E-state index in [1.54, 1.807) is 0 Å². The van der Waals surface area contributed by atoms with Crippen molar-refractivity contribution in [2.24, 2.45) is 10.7 Å². The van der Waals surface area contributed by atoms with Gasteiger partial charge in [0.2, 0.25) is 0 Å². The normalized spacial score (nSPS) is 17.9. The largest absolute Gasteiger partial charge is 0.480 e. The van der Waals surface area contributed by atoms with E-state index in [0.717, 1.165) is 12.8 Å². The molecule has 0 aromatic rings. The van der Waals surface area contributed by atoms with Crippen LogP contribution in [-0.2, 0) is 4.79 Å². The van der Waals surface area contributed by atoms with E-state index in [9.17, 15) is 4.79 Å². The zero-order valence-electron chi connectivity index (χ0n) is 8.65. The Bertz CT molecular complexity index is 228. The molecule has 0 bridgehead atoms. The molecule has 1 rings (SSSR count). The lowest BCUT2D eigenvalue weighted by molar-refractivity contribution is -0.138. The van der Waals surface area contributed by atoms with E-state index in [4.69, 9.17) is 10.8 Å². The molecule has 1 atom stereocenters. The molecule has 6 nitrogen and oxygen atoms in total. The molecule has 1 fully saturated rings. The lowest BCUT2D eigenvalue weighted by Gasteiger charge is -2.06. The first-order valence-corrected chi connectivity index (χ1v) is 5.19. The Morgan fingerprint density at radius 1 is 1.67 bits per heavy atom. The standard InChI is InChI=1S/C9H18N4O2/c10-5-1-2-8(9(14)15)11-6-12-13-7-3-4-7/h6-8,13H,1-5,10H2,(H,11,12)(H,14,15)/t8-/m0/s1. The van der Waals surface area contributed by atoms with E-state index >= 15 is 0 Å². The number of nitrogens with zero attached hydrogens (tertiary/aromatic N) is 1. The molecule has 0 heterocycles. The molecule has 1 aliphatic rings. The third-order valence-corrected chi connectivity index (χ3v) is 2.15. The van der Waals surface area contributed by atoms with Gasteiger partial charge in [0.1, 0.15) is 6.04 Å². The van der Waals surface area contributed by atoms with E-state index in [1.807, 2.05) is 0 Å². The highest BCUT2D eigenvalue weighted by Gasteiger charge is 2.19. The highest BCUT2D eigenvalue weighted by atomic mass is 16.4. The zero-order valence-corrected chi connectivity index (χ0v) is 8.65. The number of aliphatic imine (C=N–C) groups is 1. The second kappa shape index (κ2) is 6.36. The molecule has 1 aliphatic carbocycles. The minimum Gasteiger partial charge on any atom is -0.480 e. The number of nitrogens with two attached hydrogens (primary N) is 1. The van der Waals surface area contributed by atoms with Gasteiger partial charge < -0.3 is 16.3 Å². The molecule has 1 saturated carbocycles. The van der Waals surface area contributed by atoms with Gasteiger partial charge in [0.05, 0.1) is 6.34 Å². The van der Waals surface area contributed by atoms with Crippen molar-refractivity contribution >= 4 is 12.3 Å². The summed E-state index contributed by atoms with van der Waals surface area (Å²) in [6.45, 7) is 0.493. The number of rotatable bonds is 8. The quantitative estimate of drug-likeness (QED) is 0.247. The smallest absolute Gasteiger partial charge is 0.328 e. The summed E-state index contributed by atoms with van der Waals surface area (Å²) in [5, 5.41) is 8.82. The fourth-order valence-corrected chi connectivity index (χ4v) is 1.08. The summed E-state index contributed by atoms with van der Waals surface area (Å²) in [5.41, 5.74) is 11.1. The number of hydrogen-bond donors (Lipinski definition) is 4. The third-order valence-electron chi connectivity index (χ3n) is 2.15. The number of aliphatic carboxylic acids is 1. The summed E-state index contributed by atoms with van der Waals surface area (Å²) < 4.78 is 0. The predicted octanol–water partition coefficient (Wildman–Crippen LogP) is -0.537. The molecule has 0 saturated heterocycles. The summed E-state index contributed by atoms with van der Waals surface area (Å²) in [4.78, 5) is 14.6. The van der Waals surface area contributed by atoms with E-state index in [1.165, 1.54) is 6.34 Å². The Hall–Kier alpha value is -1.14. The van der Waals surface area contributed by atoms with E-state index in [-0.39, 0.29) is 0 Å². The van der Waals surface area contributed by atoms with Crippen molar-refractivity contribution in [1.82, 2.24) is 10.9 Å². The predicted molar refractivity (Wildman–Crippen MR) is 57.5 cm³/mol. The molecule has 6 heteroatoms. The number of carbonyl (C=O) groups is 1. The summed E-state index contributed by atoms with van der Waals surface area (Å²) in [6, 6.07) is -0.175. The fraction of sp³-hybridized carbons (Fsp3) is 0.778. The first-order valence-electron chi connectivity index (χ1n) is 5.19. The second-order valence-corrected chi connectivity index (χ2v) is 3.63. The molecule has 0 spiro atoms. The van der Waals surface area contributed by atoms with Gasteiger partial charge in [0.15, 0.2) is 0 Å². The van der Waals surface area contributed by atoms with Crippen LogP contribution in [0.5, 0.6) is 0 Å². The van der Waals surface area contributed by atoms with Crippen LogP contribution in [-0.4, -0.2) is 36.0 Å². The molecule has 5 N–H and O–H groups in total. The van der Waals surface area contributed by atoms with E-state index in [0.29, 0.717) is 25.4 Å². The Labute approximate surface area is 88.9 Å². The van der Waals surface area contributed by atoms with Crippen molar-refractivity contribution in [2.45, 2.75) is 37.8 Å². The molecular weight excluding hydrogens is 196 g/mol.